The molecular formula is C14H18O. The standard InChI is InChI=1S/C14H18O/c1-4-11-14(3,15-12-5-2)13-9-7-6-8-10-13/h4-10H,1-2,11-12H2,3H3. The van der Waals surface area contributed by atoms with Gasteiger partial charge in [0.15, 0.2) is 0 Å². The van der Waals surface area contributed by atoms with Crippen LogP contribution in [-0.2, 0) is 10.3 Å². The van der Waals surface area contributed by atoms with Crippen molar-refractivity contribution in [1.82, 2.24) is 0 Å². The largest absolute Gasteiger partial charge is 0.366 e. The molecule has 0 saturated heterocycles. The highest BCUT2D eigenvalue weighted by Gasteiger charge is 2.25. The van der Waals surface area contributed by atoms with E-state index < -0.39 is 0 Å². The topological polar surface area (TPSA) is 9.23 Å². The molecule has 0 spiro atoms. The third kappa shape index (κ3) is 3.07. The van der Waals surface area contributed by atoms with Gasteiger partial charge in [-0.2, -0.15) is 0 Å². The van der Waals surface area contributed by atoms with Crippen molar-refractivity contribution in [1.29, 1.82) is 0 Å². The lowest BCUT2D eigenvalue weighted by Crippen LogP contribution is -2.25. The number of hydrogen-bond donors (Lipinski definition) is 0. The first-order valence-electron chi connectivity index (χ1n) is 5.14. The molecule has 0 aliphatic rings. The first-order valence-corrected chi connectivity index (χ1v) is 5.14. The SMILES string of the molecule is C=CCOC(C)(CC=C)c1ccccc1. The van der Waals surface area contributed by atoms with Crippen LogP contribution in [0, 0.1) is 0 Å². The lowest BCUT2D eigenvalue weighted by Gasteiger charge is -2.29. The van der Waals surface area contributed by atoms with Crippen LogP contribution in [0.2, 0.25) is 0 Å². The minimum atomic E-state index is -0.294. The van der Waals surface area contributed by atoms with E-state index in [9.17, 15) is 0 Å². The van der Waals surface area contributed by atoms with Crippen molar-refractivity contribution in [3.63, 3.8) is 0 Å². The van der Waals surface area contributed by atoms with Crippen molar-refractivity contribution in [3.05, 3.63) is 61.2 Å². The summed E-state index contributed by atoms with van der Waals surface area (Å²) in [6.07, 6.45) is 4.45. The summed E-state index contributed by atoms with van der Waals surface area (Å²) >= 11 is 0. The molecule has 0 aromatic heterocycles. The van der Waals surface area contributed by atoms with Crippen LogP contribution in [0.25, 0.3) is 0 Å². The molecule has 1 aromatic carbocycles. The Morgan fingerprint density at radius 2 is 1.87 bits per heavy atom. The zero-order valence-electron chi connectivity index (χ0n) is 9.28. The summed E-state index contributed by atoms with van der Waals surface area (Å²) in [4.78, 5) is 0. The highest BCUT2D eigenvalue weighted by atomic mass is 16.5. The zero-order chi connectivity index (χ0) is 11.1. The van der Waals surface area contributed by atoms with E-state index in [0.29, 0.717) is 6.61 Å². The summed E-state index contributed by atoms with van der Waals surface area (Å²) in [6, 6.07) is 10.2. The Balaban J connectivity index is 2.89. The van der Waals surface area contributed by atoms with E-state index in [-0.39, 0.29) is 5.60 Å². The molecule has 1 aromatic rings. The van der Waals surface area contributed by atoms with Crippen molar-refractivity contribution in [3.8, 4) is 0 Å². The third-order valence-electron chi connectivity index (χ3n) is 2.44. The fourth-order valence-corrected chi connectivity index (χ4v) is 1.57. The van der Waals surface area contributed by atoms with E-state index in [0.717, 1.165) is 6.42 Å². The van der Waals surface area contributed by atoms with E-state index in [1.165, 1.54) is 5.56 Å². The second-order valence-corrected chi connectivity index (χ2v) is 3.69. The summed E-state index contributed by atoms with van der Waals surface area (Å²) in [7, 11) is 0. The summed E-state index contributed by atoms with van der Waals surface area (Å²) in [6.45, 7) is 10.1. The van der Waals surface area contributed by atoms with Gasteiger partial charge in [-0.1, -0.05) is 42.5 Å². The van der Waals surface area contributed by atoms with Crippen LogP contribution in [0.1, 0.15) is 18.9 Å². The van der Waals surface area contributed by atoms with Gasteiger partial charge >= 0.3 is 0 Å². The van der Waals surface area contributed by atoms with Gasteiger partial charge in [-0.25, -0.2) is 0 Å². The van der Waals surface area contributed by atoms with Gasteiger partial charge < -0.3 is 4.74 Å². The van der Waals surface area contributed by atoms with Crippen LogP contribution in [-0.4, -0.2) is 6.61 Å². The maximum Gasteiger partial charge on any atom is 0.0941 e. The molecule has 0 bridgehead atoms. The van der Waals surface area contributed by atoms with Gasteiger partial charge in [-0.3, -0.25) is 0 Å². The molecule has 0 heterocycles. The number of rotatable bonds is 6. The first-order chi connectivity index (χ1) is 7.23. The average molecular weight is 202 g/mol. The van der Waals surface area contributed by atoms with Crippen LogP contribution in [0.3, 0.4) is 0 Å². The molecule has 1 atom stereocenters. The van der Waals surface area contributed by atoms with Gasteiger partial charge in [0.25, 0.3) is 0 Å². The molecule has 0 fully saturated rings. The normalized spacial score (nSPS) is 14.2. The molecule has 0 aliphatic carbocycles. The summed E-state index contributed by atoms with van der Waals surface area (Å²) < 4.78 is 5.82. The van der Waals surface area contributed by atoms with Gasteiger partial charge in [0, 0.05) is 0 Å². The first kappa shape index (κ1) is 11.7. The molecule has 0 saturated carbocycles. The Hall–Kier alpha value is -1.34. The van der Waals surface area contributed by atoms with Crippen LogP contribution >= 0.6 is 0 Å². The van der Waals surface area contributed by atoms with Crippen LogP contribution in [0.5, 0.6) is 0 Å². The third-order valence-corrected chi connectivity index (χ3v) is 2.44. The van der Waals surface area contributed by atoms with Gasteiger partial charge in [0.1, 0.15) is 0 Å². The molecule has 15 heavy (non-hydrogen) atoms. The van der Waals surface area contributed by atoms with E-state index in [2.05, 4.69) is 32.2 Å². The molecule has 0 aliphatic heterocycles. The van der Waals surface area contributed by atoms with Crippen LogP contribution in [0.4, 0.5) is 0 Å². The Morgan fingerprint density at radius 3 is 2.40 bits per heavy atom. The predicted molar refractivity (Wildman–Crippen MR) is 64.8 cm³/mol. The molecule has 0 amide bonds. The molecule has 1 nitrogen and oxygen atoms in total. The lowest BCUT2D eigenvalue weighted by molar-refractivity contribution is -0.0181. The van der Waals surface area contributed by atoms with Crippen molar-refractivity contribution in [2.75, 3.05) is 6.61 Å². The smallest absolute Gasteiger partial charge is 0.0941 e. The molecule has 1 heteroatoms. The van der Waals surface area contributed by atoms with Gasteiger partial charge in [-0.15, -0.1) is 13.2 Å². The van der Waals surface area contributed by atoms with Gasteiger partial charge in [0.2, 0.25) is 0 Å². The Kier molecular flexibility index (Phi) is 4.32. The maximum atomic E-state index is 5.82. The van der Waals surface area contributed by atoms with Crippen LogP contribution in [0.15, 0.2) is 55.6 Å². The molecule has 1 rings (SSSR count). The minimum absolute atomic E-state index is 0.294. The minimum Gasteiger partial charge on any atom is -0.366 e. The van der Waals surface area contributed by atoms with E-state index in [1.54, 1.807) is 6.08 Å². The van der Waals surface area contributed by atoms with E-state index in [1.807, 2.05) is 24.3 Å². The quantitative estimate of drug-likeness (QED) is 0.639. The monoisotopic (exact) mass is 202 g/mol. The van der Waals surface area contributed by atoms with Crippen molar-refractivity contribution >= 4 is 0 Å². The van der Waals surface area contributed by atoms with E-state index >= 15 is 0 Å². The summed E-state index contributed by atoms with van der Waals surface area (Å²) in [5, 5.41) is 0. The van der Waals surface area contributed by atoms with Gasteiger partial charge in [-0.05, 0) is 18.9 Å². The molecular weight excluding hydrogens is 184 g/mol. The molecule has 1 unspecified atom stereocenters. The fraction of sp³-hybridized carbons (Fsp3) is 0.286. The van der Waals surface area contributed by atoms with Crippen molar-refractivity contribution < 1.29 is 4.74 Å². The molecule has 80 valence electrons. The second-order valence-electron chi connectivity index (χ2n) is 3.69. The predicted octanol–water partition coefficient (Wildman–Crippen LogP) is 3.68. The van der Waals surface area contributed by atoms with E-state index in [4.69, 9.17) is 4.74 Å². The molecule has 0 N–H and O–H groups in total. The van der Waals surface area contributed by atoms with Crippen molar-refractivity contribution in [2.24, 2.45) is 0 Å². The maximum absolute atomic E-state index is 5.82. The molecule has 0 radical (unpaired) electrons. The Labute approximate surface area is 92.1 Å². The van der Waals surface area contributed by atoms with Gasteiger partial charge in [0.05, 0.1) is 12.2 Å². The number of benzene rings is 1. The average Bonchev–Trinajstić information content (AvgIpc) is 2.28. The Bertz CT molecular complexity index is 315. The zero-order valence-corrected chi connectivity index (χ0v) is 9.28. The lowest BCUT2D eigenvalue weighted by atomic mass is 9.92. The number of hydrogen-bond acceptors (Lipinski definition) is 1. The van der Waals surface area contributed by atoms with Crippen LogP contribution < -0.4 is 0 Å². The highest BCUT2D eigenvalue weighted by Crippen LogP contribution is 2.29. The summed E-state index contributed by atoms with van der Waals surface area (Å²) in [5.41, 5.74) is 0.878. The fourth-order valence-electron chi connectivity index (χ4n) is 1.57. The summed E-state index contributed by atoms with van der Waals surface area (Å²) in [5.74, 6) is 0. The van der Waals surface area contributed by atoms with Crippen molar-refractivity contribution in [2.45, 2.75) is 18.9 Å². The number of ether oxygens (including phenoxy) is 1. The highest BCUT2D eigenvalue weighted by molar-refractivity contribution is 5.22. The Morgan fingerprint density at radius 1 is 1.20 bits per heavy atom. The second kappa shape index (κ2) is 5.52.